The van der Waals surface area contributed by atoms with Gasteiger partial charge in [-0.1, -0.05) is 24.3 Å². The summed E-state index contributed by atoms with van der Waals surface area (Å²) in [7, 11) is 0. The van der Waals surface area contributed by atoms with Crippen LogP contribution in [0.1, 0.15) is 36.7 Å². The fourth-order valence-corrected chi connectivity index (χ4v) is 3.49. The molecule has 2 aromatic heterocycles. The maximum absolute atomic E-state index is 13.1. The van der Waals surface area contributed by atoms with Gasteiger partial charge in [0.25, 0.3) is 0 Å². The average Bonchev–Trinajstić information content (AvgIpc) is 3.42. The third-order valence-electron chi connectivity index (χ3n) is 5.36. The Morgan fingerprint density at radius 2 is 1.97 bits per heavy atom. The van der Waals surface area contributed by atoms with Crippen LogP contribution in [0, 0.1) is 0 Å². The molecule has 0 aliphatic heterocycles. The normalized spacial score (nSPS) is 15.9. The van der Waals surface area contributed by atoms with E-state index in [2.05, 4.69) is 25.8 Å². The number of nitrogens with zero attached hydrogens (tertiary/aromatic N) is 4. The van der Waals surface area contributed by atoms with Gasteiger partial charge in [-0.15, -0.1) is 10.2 Å². The Morgan fingerprint density at radius 3 is 2.70 bits per heavy atom. The predicted octanol–water partition coefficient (Wildman–Crippen LogP) is 3.54. The monoisotopic (exact) mass is 416 g/mol. The lowest BCUT2D eigenvalue weighted by atomic mass is 9.94. The third kappa shape index (κ3) is 4.24. The molecule has 2 heterocycles. The van der Waals surface area contributed by atoms with Crippen LogP contribution in [0.15, 0.2) is 53.7 Å². The summed E-state index contributed by atoms with van der Waals surface area (Å²) < 4.78 is 41.1. The molecule has 2 N–H and O–H groups in total. The SMILES string of the molecule is CCNC(=NCc1nnc2ccccn12)NCC1(c2cccc(C(F)(F)F)c2)CC1. The molecular weight excluding hydrogens is 393 g/mol. The second-order valence-corrected chi connectivity index (χ2v) is 7.45. The summed E-state index contributed by atoms with van der Waals surface area (Å²) in [6.45, 7) is 3.48. The zero-order valence-electron chi connectivity index (χ0n) is 16.6. The second-order valence-electron chi connectivity index (χ2n) is 7.45. The van der Waals surface area contributed by atoms with E-state index in [0.717, 1.165) is 24.6 Å². The van der Waals surface area contributed by atoms with Crippen molar-refractivity contribution in [2.45, 2.75) is 37.9 Å². The highest BCUT2D eigenvalue weighted by Crippen LogP contribution is 2.48. The molecule has 30 heavy (non-hydrogen) atoms. The zero-order valence-corrected chi connectivity index (χ0v) is 16.6. The van der Waals surface area contributed by atoms with Crippen LogP contribution in [0.2, 0.25) is 0 Å². The van der Waals surface area contributed by atoms with Gasteiger partial charge < -0.3 is 10.6 Å². The Labute approximate surface area is 172 Å². The highest BCUT2D eigenvalue weighted by molar-refractivity contribution is 5.80. The Balaban J connectivity index is 1.47. The topological polar surface area (TPSA) is 66.6 Å². The molecule has 1 fully saturated rings. The van der Waals surface area contributed by atoms with Gasteiger partial charge in [0.1, 0.15) is 6.54 Å². The number of fused-ring (bicyclic) bond motifs is 1. The van der Waals surface area contributed by atoms with Gasteiger partial charge in [-0.05, 0) is 43.5 Å². The average molecular weight is 416 g/mol. The number of hydrogen-bond donors (Lipinski definition) is 2. The summed E-state index contributed by atoms with van der Waals surface area (Å²) in [5, 5.41) is 14.8. The van der Waals surface area contributed by atoms with Gasteiger partial charge in [-0.25, -0.2) is 4.99 Å². The van der Waals surface area contributed by atoms with Crippen molar-refractivity contribution in [3.63, 3.8) is 0 Å². The molecule has 1 aromatic carbocycles. The molecule has 0 atom stereocenters. The molecule has 9 heteroatoms. The molecule has 1 saturated carbocycles. The van der Waals surface area contributed by atoms with Crippen LogP contribution < -0.4 is 10.6 Å². The fourth-order valence-electron chi connectivity index (χ4n) is 3.49. The number of aromatic nitrogens is 3. The van der Waals surface area contributed by atoms with Crippen LogP contribution in [-0.2, 0) is 18.1 Å². The number of halogens is 3. The molecule has 0 spiro atoms. The number of rotatable bonds is 6. The minimum atomic E-state index is -4.34. The molecule has 0 radical (unpaired) electrons. The van der Waals surface area contributed by atoms with E-state index < -0.39 is 11.7 Å². The maximum Gasteiger partial charge on any atom is 0.416 e. The number of pyridine rings is 1. The van der Waals surface area contributed by atoms with Crippen LogP contribution in [0.25, 0.3) is 5.65 Å². The molecule has 3 aromatic rings. The quantitative estimate of drug-likeness (QED) is 0.477. The number of aliphatic imine (C=N–C) groups is 1. The molecule has 0 saturated heterocycles. The number of nitrogens with one attached hydrogen (secondary N) is 2. The van der Waals surface area contributed by atoms with Crippen molar-refractivity contribution < 1.29 is 13.2 Å². The summed E-state index contributed by atoms with van der Waals surface area (Å²) in [6, 6.07) is 11.3. The summed E-state index contributed by atoms with van der Waals surface area (Å²) in [6.07, 6.45) is -0.769. The second kappa shape index (κ2) is 7.97. The first-order valence-electron chi connectivity index (χ1n) is 9.90. The van der Waals surface area contributed by atoms with Crippen LogP contribution in [0.4, 0.5) is 13.2 Å². The van der Waals surface area contributed by atoms with E-state index in [1.165, 1.54) is 12.1 Å². The lowest BCUT2D eigenvalue weighted by molar-refractivity contribution is -0.137. The van der Waals surface area contributed by atoms with Gasteiger partial charge in [-0.3, -0.25) is 4.40 Å². The molecular formula is C21H23F3N6. The summed E-state index contributed by atoms with van der Waals surface area (Å²) >= 11 is 0. The van der Waals surface area contributed by atoms with Crippen LogP contribution >= 0.6 is 0 Å². The van der Waals surface area contributed by atoms with E-state index in [4.69, 9.17) is 0 Å². The minimum Gasteiger partial charge on any atom is -0.357 e. The first-order valence-corrected chi connectivity index (χ1v) is 9.90. The Bertz CT molecular complexity index is 1050. The molecule has 0 unspecified atom stereocenters. The van der Waals surface area contributed by atoms with Crippen molar-refractivity contribution in [2.75, 3.05) is 13.1 Å². The predicted molar refractivity (Wildman–Crippen MR) is 108 cm³/mol. The van der Waals surface area contributed by atoms with E-state index in [0.29, 0.717) is 37.0 Å². The molecule has 4 rings (SSSR count). The Hall–Kier alpha value is -3.10. The van der Waals surface area contributed by atoms with E-state index in [1.54, 1.807) is 6.07 Å². The molecule has 1 aliphatic carbocycles. The van der Waals surface area contributed by atoms with E-state index >= 15 is 0 Å². The molecule has 1 aliphatic rings. The first kappa shape index (κ1) is 20.2. The Kier molecular flexibility index (Phi) is 5.36. The number of alkyl halides is 3. The van der Waals surface area contributed by atoms with Crippen molar-refractivity contribution in [1.29, 1.82) is 0 Å². The van der Waals surface area contributed by atoms with E-state index in [1.807, 2.05) is 35.7 Å². The van der Waals surface area contributed by atoms with Crippen molar-refractivity contribution in [3.8, 4) is 0 Å². The van der Waals surface area contributed by atoms with Gasteiger partial charge >= 0.3 is 6.18 Å². The van der Waals surface area contributed by atoms with Gasteiger partial charge in [-0.2, -0.15) is 13.2 Å². The maximum atomic E-state index is 13.1. The van der Waals surface area contributed by atoms with Crippen molar-refractivity contribution in [2.24, 2.45) is 4.99 Å². The van der Waals surface area contributed by atoms with Crippen molar-refractivity contribution >= 4 is 11.6 Å². The largest absolute Gasteiger partial charge is 0.416 e. The van der Waals surface area contributed by atoms with E-state index in [9.17, 15) is 13.2 Å². The summed E-state index contributed by atoms with van der Waals surface area (Å²) in [4.78, 5) is 4.58. The van der Waals surface area contributed by atoms with Gasteiger partial charge in [0.2, 0.25) is 0 Å². The van der Waals surface area contributed by atoms with Crippen molar-refractivity contribution in [3.05, 3.63) is 65.6 Å². The zero-order chi connectivity index (χ0) is 21.2. The number of hydrogen-bond acceptors (Lipinski definition) is 3. The lowest BCUT2D eigenvalue weighted by Gasteiger charge is -2.20. The molecule has 0 bridgehead atoms. The van der Waals surface area contributed by atoms with Crippen LogP contribution in [0.5, 0.6) is 0 Å². The molecule has 158 valence electrons. The standard InChI is InChI=1S/C21H23F3N6/c1-2-25-19(26-13-18-29-28-17-8-3-4-11-30(17)18)27-14-20(9-10-20)15-6-5-7-16(12-15)21(22,23)24/h3-8,11-12H,2,9-10,13-14H2,1H3,(H2,25,26,27). The Morgan fingerprint density at radius 1 is 1.13 bits per heavy atom. The number of guanidine groups is 1. The lowest BCUT2D eigenvalue weighted by Crippen LogP contribution is -2.41. The van der Waals surface area contributed by atoms with E-state index in [-0.39, 0.29) is 5.41 Å². The number of benzene rings is 1. The summed E-state index contributed by atoms with van der Waals surface area (Å²) in [5.41, 5.74) is 0.565. The smallest absolute Gasteiger partial charge is 0.357 e. The minimum absolute atomic E-state index is 0.293. The highest BCUT2D eigenvalue weighted by atomic mass is 19.4. The van der Waals surface area contributed by atoms with Crippen LogP contribution in [0.3, 0.4) is 0 Å². The highest BCUT2D eigenvalue weighted by Gasteiger charge is 2.45. The summed E-state index contributed by atoms with van der Waals surface area (Å²) in [5.74, 6) is 1.31. The third-order valence-corrected chi connectivity index (χ3v) is 5.36. The van der Waals surface area contributed by atoms with Crippen molar-refractivity contribution in [1.82, 2.24) is 25.2 Å². The van der Waals surface area contributed by atoms with Gasteiger partial charge in [0.15, 0.2) is 17.4 Å². The van der Waals surface area contributed by atoms with Crippen LogP contribution in [-0.4, -0.2) is 33.6 Å². The molecule has 0 amide bonds. The van der Waals surface area contributed by atoms with Gasteiger partial charge in [0, 0.05) is 24.7 Å². The van der Waals surface area contributed by atoms with Gasteiger partial charge in [0.05, 0.1) is 5.56 Å². The first-order chi connectivity index (χ1) is 14.4. The molecule has 6 nitrogen and oxygen atoms in total. The fraction of sp³-hybridized carbons (Fsp3) is 0.381.